The van der Waals surface area contributed by atoms with Crippen LogP contribution in [-0.4, -0.2) is 119 Å². The van der Waals surface area contributed by atoms with Gasteiger partial charge in [-0.25, -0.2) is 14.4 Å². The fourth-order valence-corrected chi connectivity index (χ4v) is 10.5. The van der Waals surface area contributed by atoms with E-state index in [1.54, 1.807) is 78.0 Å². The highest BCUT2D eigenvalue weighted by Crippen LogP contribution is 2.63. The second-order valence-electron chi connectivity index (χ2n) is 19.9. The molecule has 2 saturated heterocycles. The Morgan fingerprint density at radius 2 is 1.63 bits per heavy atom. The predicted octanol–water partition coefficient (Wildman–Crippen LogP) is 5.26. The molecule has 2 aliphatic heterocycles. The van der Waals surface area contributed by atoms with E-state index >= 15 is 0 Å². The molecule has 13 atom stereocenters. The summed E-state index contributed by atoms with van der Waals surface area (Å²) in [5.41, 5.74) is -4.26. The average Bonchev–Trinajstić information content (AvgIpc) is 3.15. The Hall–Kier alpha value is -4.35. The number of fused-ring (bicyclic) bond motifs is 4. The molecular weight excluding hydrogens is 819 g/mol. The third kappa shape index (κ3) is 9.42. The van der Waals surface area contributed by atoms with Gasteiger partial charge in [0.05, 0.1) is 30.2 Å². The Morgan fingerprint density at radius 1 is 0.968 bits per heavy atom. The van der Waals surface area contributed by atoms with Crippen LogP contribution in [0, 0.1) is 23.2 Å². The van der Waals surface area contributed by atoms with Crippen molar-refractivity contribution in [2.75, 3.05) is 6.61 Å². The second-order valence-corrected chi connectivity index (χ2v) is 19.9. The van der Waals surface area contributed by atoms with Gasteiger partial charge in [-0.3, -0.25) is 9.59 Å². The molecule has 3 N–H and O–H groups in total. The number of ether oxygens (including phenoxy) is 8. The van der Waals surface area contributed by atoms with Gasteiger partial charge in [0.15, 0.2) is 24.1 Å². The molecule has 63 heavy (non-hydrogen) atoms. The number of allylic oxidation sites excluding steroid dienone is 1. The SMILES string of the molecule is CC(=O)O[C@@H]1C2=C(C)[C@@H](OC(=O)[C@H](O)[C@H](CC(C)C)NC(=O)OC(C)(C)C)C[C@@](O)([C@@H](OC(=O)c3ccccc3)[C@H]3C4[C@H](C[C@H]5OC[C@@]35OC(C)=O)O[C@H](C=C(C)C)O[C@H]41)C2(C)C. The van der Waals surface area contributed by atoms with E-state index in [2.05, 4.69) is 5.32 Å². The molecular formula is C47H65NO15. The molecule has 16 heteroatoms. The molecule has 1 unspecified atom stereocenters. The topological polar surface area (TPSA) is 212 Å². The van der Waals surface area contributed by atoms with Crippen molar-refractivity contribution in [3.05, 3.63) is 58.7 Å². The molecule has 5 aliphatic rings. The summed E-state index contributed by atoms with van der Waals surface area (Å²) in [6.07, 6.45) is -8.62. The maximum atomic E-state index is 14.4. The molecule has 0 radical (unpaired) electrons. The Kier molecular flexibility index (Phi) is 13.7. The first kappa shape index (κ1) is 48.1. The van der Waals surface area contributed by atoms with E-state index in [1.807, 2.05) is 27.7 Å². The normalized spacial score (nSPS) is 33.9. The van der Waals surface area contributed by atoms with Gasteiger partial charge in [-0.15, -0.1) is 0 Å². The van der Waals surface area contributed by atoms with E-state index in [9.17, 15) is 34.2 Å². The van der Waals surface area contributed by atoms with E-state index in [-0.39, 0.29) is 30.9 Å². The number of aliphatic hydroxyl groups excluding tert-OH is 1. The van der Waals surface area contributed by atoms with Crippen molar-refractivity contribution in [1.29, 1.82) is 0 Å². The Bertz CT molecular complexity index is 1980. The molecule has 16 nitrogen and oxygen atoms in total. The molecule has 3 aliphatic carbocycles. The fraction of sp³-hybridized carbons (Fsp3) is 0.681. The maximum absolute atomic E-state index is 14.4. The van der Waals surface area contributed by atoms with Crippen LogP contribution >= 0.6 is 0 Å². The van der Waals surface area contributed by atoms with Crippen LogP contribution in [0.2, 0.25) is 0 Å². The Labute approximate surface area is 369 Å². The first-order chi connectivity index (χ1) is 29.3. The quantitative estimate of drug-likeness (QED) is 0.147. The van der Waals surface area contributed by atoms with Crippen molar-refractivity contribution >= 4 is 30.0 Å². The number of aliphatic hydroxyl groups is 2. The lowest BCUT2D eigenvalue weighted by molar-refractivity contribution is -0.380. The van der Waals surface area contributed by atoms with E-state index in [0.29, 0.717) is 11.1 Å². The summed E-state index contributed by atoms with van der Waals surface area (Å²) in [6.45, 7) is 20.1. The molecule has 1 aromatic carbocycles. The van der Waals surface area contributed by atoms with Gasteiger partial charge < -0.3 is 53.4 Å². The van der Waals surface area contributed by atoms with Crippen molar-refractivity contribution in [2.45, 2.75) is 174 Å². The number of esters is 4. The van der Waals surface area contributed by atoms with Gasteiger partial charge in [-0.2, -0.15) is 0 Å². The van der Waals surface area contributed by atoms with Crippen LogP contribution < -0.4 is 5.32 Å². The molecule has 2 saturated carbocycles. The average molecular weight is 884 g/mol. The van der Waals surface area contributed by atoms with E-state index in [1.165, 1.54) is 13.8 Å². The highest BCUT2D eigenvalue weighted by Gasteiger charge is 2.76. The predicted molar refractivity (Wildman–Crippen MR) is 225 cm³/mol. The maximum Gasteiger partial charge on any atom is 0.407 e. The molecule has 2 heterocycles. The number of benzene rings is 1. The molecule has 1 amide bonds. The molecule has 348 valence electrons. The van der Waals surface area contributed by atoms with Crippen LogP contribution in [0.1, 0.15) is 113 Å². The summed E-state index contributed by atoms with van der Waals surface area (Å²) in [7, 11) is 0. The lowest BCUT2D eigenvalue weighted by Crippen LogP contribution is -2.81. The highest BCUT2D eigenvalue weighted by atomic mass is 16.7. The van der Waals surface area contributed by atoms with Crippen LogP contribution in [0.4, 0.5) is 4.79 Å². The smallest absolute Gasteiger partial charge is 0.407 e. The summed E-state index contributed by atoms with van der Waals surface area (Å²) < 4.78 is 50.4. The van der Waals surface area contributed by atoms with Crippen molar-refractivity contribution in [1.82, 2.24) is 5.32 Å². The minimum absolute atomic E-state index is 0.0886. The van der Waals surface area contributed by atoms with Gasteiger partial charge in [-0.1, -0.05) is 51.5 Å². The van der Waals surface area contributed by atoms with Crippen molar-refractivity contribution in [3.8, 4) is 0 Å². The Morgan fingerprint density at radius 3 is 2.19 bits per heavy atom. The summed E-state index contributed by atoms with van der Waals surface area (Å²) in [6, 6.07) is 7.08. The molecule has 0 aromatic heterocycles. The van der Waals surface area contributed by atoms with Crippen LogP contribution in [0.5, 0.6) is 0 Å². The zero-order valence-electron chi connectivity index (χ0n) is 38.4. The minimum atomic E-state index is -2.20. The van der Waals surface area contributed by atoms with Gasteiger partial charge in [-0.05, 0) is 83.2 Å². The second kappa shape index (κ2) is 17.9. The molecule has 6 rings (SSSR count). The molecule has 2 bridgehead atoms. The number of hydrogen-bond acceptors (Lipinski definition) is 15. The van der Waals surface area contributed by atoms with Crippen LogP contribution in [-0.2, 0) is 52.3 Å². The summed E-state index contributed by atoms with van der Waals surface area (Å²) >= 11 is 0. The third-order valence-corrected chi connectivity index (χ3v) is 13.1. The van der Waals surface area contributed by atoms with Crippen LogP contribution in [0.3, 0.4) is 0 Å². The number of alkyl carbamates (subject to hydrolysis) is 1. The molecule has 4 fully saturated rings. The van der Waals surface area contributed by atoms with Crippen molar-refractivity contribution < 1.29 is 72.1 Å². The van der Waals surface area contributed by atoms with Gasteiger partial charge in [0.2, 0.25) is 0 Å². The van der Waals surface area contributed by atoms with Gasteiger partial charge in [0, 0.05) is 38.0 Å². The summed E-state index contributed by atoms with van der Waals surface area (Å²) in [5.74, 6) is -5.30. The van der Waals surface area contributed by atoms with E-state index < -0.39 is 126 Å². The standard InChI is InChI=1S/C47H65NO15/c1-23(2)18-29(48-43(54)63-44(8,9)10)37(51)42(53)59-31-21-47(55)40(61-41(52)28-16-14-13-15-17-28)36-34-30(20-32-46(36,22-56-32)62-27(7)50)58-33(19-24(3)4)60-38(34)39(57-26(6)49)35(25(31)5)45(47,11)12/h13-17,19,23,29-34,36-40,51,55H,18,20-22H2,1-12H3,(H,48,54)/t29-,30-,31-,32+,33-,34?,36+,37+,38+,39+,40-,46-,47+/m0/s1. The molecule has 0 spiro atoms. The number of hydrogen-bond donors (Lipinski definition) is 3. The summed E-state index contributed by atoms with van der Waals surface area (Å²) in [5, 5.41) is 28.1. The molecule has 1 aromatic rings. The number of carbonyl (C=O) groups is 5. The third-order valence-electron chi connectivity index (χ3n) is 13.1. The highest BCUT2D eigenvalue weighted by molar-refractivity contribution is 5.89. The largest absolute Gasteiger partial charge is 0.456 e. The monoisotopic (exact) mass is 883 g/mol. The number of amides is 1. The van der Waals surface area contributed by atoms with Crippen molar-refractivity contribution in [2.24, 2.45) is 23.2 Å². The van der Waals surface area contributed by atoms with Crippen LogP contribution in [0.15, 0.2) is 53.1 Å². The van der Waals surface area contributed by atoms with Crippen LogP contribution in [0.25, 0.3) is 0 Å². The number of carbonyl (C=O) groups excluding carboxylic acids is 5. The number of nitrogens with one attached hydrogen (secondary N) is 1. The van der Waals surface area contributed by atoms with Gasteiger partial charge in [0.25, 0.3) is 0 Å². The van der Waals surface area contributed by atoms with E-state index in [4.69, 9.17) is 37.9 Å². The fourth-order valence-electron chi connectivity index (χ4n) is 10.5. The van der Waals surface area contributed by atoms with Crippen molar-refractivity contribution in [3.63, 3.8) is 0 Å². The lowest BCUT2D eigenvalue weighted by atomic mass is 9.48. The zero-order valence-corrected chi connectivity index (χ0v) is 38.4. The first-order valence-electron chi connectivity index (χ1n) is 21.8. The van der Waals surface area contributed by atoms with E-state index in [0.717, 1.165) is 5.57 Å². The van der Waals surface area contributed by atoms with Gasteiger partial charge in [0.1, 0.15) is 35.6 Å². The first-order valence-corrected chi connectivity index (χ1v) is 21.8. The Balaban J connectivity index is 1.56. The van der Waals surface area contributed by atoms with Gasteiger partial charge >= 0.3 is 30.0 Å². The minimum Gasteiger partial charge on any atom is -0.456 e. The number of rotatable bonds is 11. The zero-order chi connectivity index (χ0) is 46.6. The lowest BCUT2D eigenvalue weighted by Gasteiger charge is -2.67. The summed E-state index contributed by atoms with van der Waals surface area (Å²) in [4.78, 5) is 68.1.